The highest BCUT2D eigenvalue weighted by Crippen LogP contribution is 2.06. The molecule has 4 rings (SSSR count). The molecule has 232 valence electrons. The van der Waals surface area contributed by atoms with Gasteiger partial charge in [0.25, 0.3) is 0 Å². The second-order valence-electron chi connectivity index (χ2n) is 6.46. The van der Waals surface area contributed by atoms with E-state index in [2.05, 4.69) is 13.3 Å². The largest absolute Gasteiger partial charge is 0.475 e. The fourth-order valence-electron chi connectivity index (χ4n) is 2.14. The fourth-order valence-corrected chi connectivity index (χ4v) is 2.14. The Morgan fingerprint density at radius 2 is 0.791 bits per heavy atom. The molecule has 0 saturated heterocycles. The highest BCUT2D eigenvalue weighted by atomic mass is 16.7. The minimum atomic E-state index is -1.17. The van der Waals surface area contributed by atoms with Crippen LogP contribution < -0.4 is 0 Å². The zero-order valence-corrected chi connectivity index (χ0v) is 20.7. The topological polar surface area (TPSA) is 319 Å². The number of carbonyl (C=O) groups excluding carboxylic acids is 4. The van der Waals surface area contributed by atoms with Gasteiger partial charge in [-0.05, 0) is 48.5 Å². The van der Waals surface area contributed by atoms with Crippen molar-refractivity contribution in [3.63, 3.8) is 0 Å². The standard InChI is InChI=1S/3C6H4O4.C6H6O3.CH4.O2.H2O/c3*7-3-4-1-2-5(10-4)6(8)9;7-3-5-1-2-6(4-8)9-5;;1-2;/h3*1-3H,(H,8,9);1-3,8H,4H2;1H4;;1H2. The molecule has 0 radical (unpaired) electrons. The van der Waals surface area contributed by atoms with E-state index in [1.54, 1.807) is 6.07 Å². The lowest BCUT2D eigenvalue weighted by molar-refractivity contribution is 0.0650. The first-order chi connectivity index (χ1) is 19.6. The van der Waals surface area contributed by atoms with Crippen molar-refractivity contribution in [2.24, 2.45) is 0 Å². The maximum Gasteiger partial charge on any atom is 0.371 e. The molecule has 0 aliphatic carbocycles. The quantitative estimate of drug-likeness (QED) is 0.208. The Morgan fingerprint density at radius 3 is 0.930 bits per heavy atom. The van der Waals surface area contributed by atoms with Gasteiger partial charge in [0, 0.05) is 9.93 Å². The third kappa shape index (κ3) is 15.2. The van der Waals surface area contributed by atoms with Crippen LogP contribution in [0.4, 0.5) is 0 Å². The number of furan rings is 4. The minimum Gasteiger partial charge on any atom is -0.475 e. The molecule has 0 aliphatic rings. The Bertz CT molecular complexity index is 1300. The van der Waals surface area contributed by atoms with Crippen molar-refractivity contribution >= 4 is 43.1 Å². The van der Waals surface area contributed by atoms with Gasteiger partial charge in [0.05, 0.1) is 0 Å². The lowest BCUT2D eigenvalue weighted by Crippen LogP contribution is -1.91. The molecule has 4 aromatic rings. The average molecular weight is 612 g/mol. The third-order valence-corrected chi connectivity index (χ3v) is 3.82. The molecule has 18 heteroatoms. The van der Waals surface area contributed by atoms with Crippen LogP contribution in [-0.2, 0) is 6.61 Å². The summed E-state index contributed by atoms with van der Waals surface area (Å²) >= 11 is 0. The maximum absolute atomic E-state index is 10.1. The normalized spacial score (nSPS) is 8.49. The summed E-state index contributed by atoms with van der Waals surface area (Å²) in [6.45, 7) is -0.159. The fraction of sp³-hybridized carbons (Fsp3) is 0.0800. The van der Waals surface area contributed by atoms with Crippen LogP contribution in [-0.4, -0.2) is 69.0 Å². The SMILES string of the molecule is C.O.O=Cc1ccc(C(=O)O)o1.O=Cc1ccc(C(=O)O)o1.O=Cc1ccc(C(=O)O)o1.O=Cc1ccc(CO)o1.O=O. The molecule has 18 nitrogen and oxygen atoms in total. The van der Waals surface area contributed by atoms with Gasteiger partial charge in [0.15, 0.2) is 48.2 Å². The van der Waals surface area contributed by atoms with Crippen LogP contribution in [0.15, 0.2) is 66.2 Å². The Hall–Kier alpha value is -6.27. The second kappa shape index (κ2) is 22.5. The van der Waals surface area contributed by atoms with Crippen LogP contribution in [0.1, 0.15) is 87.1 Å². The van der Waals surface area contributed by atoms with Crippen molar-refractivity contribution in [3.8, 4) is 0 Å². The number of aliphatic hydroxyl groups excluding tert-OH is 1. The second-order valence-corrected chi connectivity index (χ2v) is 6.46. The predicted molar refractivity (Wildman–Crippen MR) is 140 cm³/mol. The Labute approximate surface area is 239 Å². The molecule has 0 spiro atoms. The van der Waals surface area contributed by atoms with Crippen LogP contribution in [0.5, 0.6) is 0 Å². The van der Waals surface area contributed by atoms with Crippen molar-refractivity contribution in [1.82, 2.24) is 0 Å². The first kappa shape index (κ1) is 41.2. The zero-order valence-electron chi connectivity index (χ0n) is 20.7. The van der Waals surface area contributed by atoms with Gasteiger partial charge in [-0.15, -0.1) is 0 Å². The average Bonchev–Trinajstić information content (AvgIpc) is 3.80. The smallest absolute Gasteiger partial charge is 0.371 e. The van der Waals surface area contributed by atoms with Gasteiger partial charge >= 0.3 is 17.9 Å². The number of aldehydes is 4. The van der Waals surface area contributed by atoms with Crippen molar-refractivity contribution in [2.45, 2.75) is 14.0 Å². The summed E-state index contributed by atoms with van der Waals surface area (Å²) in [5.74, 6) is -3.44. The summed E-state index contributed by atoms with van der Waals surface area (Å²) < 4.78 is 18.3. The minimum absolute atomic E-state index is 0. The summed E-state index contributed by atoms with van der Waals surface area (Å²) in [6.07, 6.45) is 1.95. The molecule has 6 N–H and O–H groups in total. The van der Waals surface area contributed by atoms with E-state index in [1.807, 2.05) is 0 Å². The van der Waals surface area contributed by atoms with E-state index >= 15 is 0 Å². The molecule has 0 unspecified atom stereocenters. The first-order valence-corrected chi connectivity index (χ1v) is 10.2. The predicted octanol–water partition coefficient (Wildman–Crippen LogP) is 2.83. The molecule has 0 atom stereocenters. The van der Waals surface area contributed by atoms with E-state index in [0.717, 1.165) is 0 Å². The number of carbonyl (C=O) groups is 7. The van der Waals surface area contributed by atoms with Crippen molar-refractivity contribution < 1.29 is 77.1 Å². The van der Waals surface area contributed by atoms with Crippen LogP contribution in [0.3, 0.4) is 0 Å². The van der Waals surface area contributed by atoms with Gasteiger partial charge in [-0.25, -0.2) is 14.4 Å². The van der Waals surface area contributed by atoms with E-state index in [9.17, 15) is 33.6 Å². The molecule has 43 heavy (non-hydrogen) atoms. The summed E-state index contributed by atoms with van der Waals surface area (Å²) in [6, 6.07) is 10.7. The number of hydrogen-bond donors (Lipinski definition) is 4. The van der Waals surface area contributed by atoms with Gasteiger partial charge in [0.1, 0.15) is 12.4 Å². The van der Waals surface area contributed by atoms with Crippen LogP contribution in [0, 0.1) is 9.93 Å². The number of aliphatic hydroxyl groups is 1. The molecule has 0 amide bonds. The molecule has 0 aliphatic heterocycles. The Balaban J connectivity index is -0.000000479. The summed E-state index contributed by atoms with van der Waals surface area (Å²) in [5, 5.41) is 33.3. The number of hydrogen-bond acceptors (Lipinski definition) is 14. The molecule has 4 heterocycles. The Morgan fingerprint density at radius 1 is 0.535 bits per heavy atom. The monoisotopic (exact) mass is 612 g/mol. The van der Waals surface area contributed by atoms with E-state index in [4.69, 9.17) is 34.8 Å². The summed E-state index contributed by atoms with van der Waals surface area (Å²) in [5.41, 5.74) is 0. The van der Waals surface area contributed by atoms with Gasteiger partial charge in [-0.3, -0.25) is 19.2 Å². The molecule has 0 bridgehead atoms. The number of rotatable bonds is 8. The third-order valence-electron chi connectivity index (χ3n) is 3.82. The molecule has 4 aromatic heterocycles. The van der Waals surface area contributed by atoms with E-state index in [0.29, 0.717) is 30.9 Å². The van der Waals surface area contributed by atoms with Gasteiger partial charge < -0.3 is 43.6 Å². The van der Waals surface area contributed by atoms with Crippen molar-refractivity contribution in [2.75, 3.05) is 0 Å². The highest BCUT2D eigenvalue weighted by molar-refractivity contribution is 5.86. The van der Waals surface area contributed by atoms with Gasteiger partial charge in [-0.2, -0.15) is 0 Å². The molecule has 0 aromatic carbocycles. The number of carboxylic acid groups (broad SMARTS) is 3. The molecular formula is C25H24O18. The van der Waals surface area contributed by atoms with E-state index in [-0.39, 0.29) is 59.8 Å². The van der Waals surface area contributed by atoms with Gasteiger partial charge in [0.2, 0.25) is 17.3 Å². The summed E-state index contributed by atoms with van der Waals surface area (Å²) in [7, 11) is 0. The number of carboxylic acids is 3. The number of aromatic carboxylic acids is 3. The lowest BCUT2D eigenvalue weighted by atomic mass is 10.4. The lowest BCUT2D eigenvalue weighted by Gasteiger charge is -1.82. The maximum atomic E-state index is 10.1. The van der Waals surface area contributed by atoms with Crippen molar-refractivity contribution in [1.29, 1.82) is 0 Å². The van der Waals surface area contributed by atoms with E-state index in [1.165, 1.54) is 42.5 Å². The molecule has 0 fully saturated rings. The van der Waals surface area contributed by atoms with Crippen LogP contribution >= 0.6 is 0 Å². The van der Waals surface area contributed by atoms with E-state index < -0.39 is 17.9 Å². The van der Waals surface area contributed by atoms with Crippen LogP contribution in [0.2, 0.25) is 0 Å². The van der Waals surface area contributed by atoms with Crippen molar-refractivity contribution in [3.05, 3.63) is 105 Å². The first-order valence-electron chi connectivity index (χ1n) is 10.2. The zero-order chi connectivity index (χ0) is 31.4. The molecule has 0 saturated carbocycles. The summed E-state index contributed by atoms with van der Waals surface area (Å²) in [4.78, 5) is 84.2. The van der Waals surface area contributed by atoms with Crippen LogP contribution in [0.25, 0.3) is 0 Å². The Kier molecular flexibility index (Phi) is 21.6. The molecular weight excluding hydrogens is 588 g/mol. The highest BCUT2D eigenvalue weighted by Gasteiger charge is 2.08. The van der Waals surface area contributed by atoms with Gasteiger partial charge in [-0.1, -0.05) is 7.43 Å².